The Hall–Kier alpha value is -2.65. The SMILES string of the molecule is O=P(O)(OCc1cccc2[nH]nnc12)OCc1cccc2[nH]nnc12. The molecule has 0 aliphatic heterocycles. The molecule has 128 valence electrons. The molecule has 0 bridgehead atoms. The van der Waals surface area contributed by atoms with Crippen molar-refractivity contribution < 1.29 is 18.5 Å². The number of benzene rings is 2. The predicted octanol–water partition coefficient (Wildman–Crippen LogP) is 2.06. The number of phosphoric ester groups is 1. The third-order valence-corrected chi connectivity index (χ3v) is 4.56. The quantitative estimate of drug-likeness (QED) is 0.444. The number of nitrogens with one attached hydrogen (secondary N) is 2. The van der Waals surface area contributed by atoms with Crippen LogP contribution < -0.4 is 0 Å². The third kappa shape index (κ3) is 3.28. The highest BCUT2D eigenvalue weighted by Gasteiger charge is 2.22. The first-order valence-corrected chi connectivity index (χ1v) is 8.81. The van der Waals surface area contributed by atoms with Crippen LogP contribution in [0.5, 0.6) is 0 Å². The lowest BCUT2D eigenvalue weighted by Crippen LogP contribution is -1.98. The van der Waals surface area contributed by atoms with E-state index in [1.807, 2.05) is 0 Å². The first-order chi connectivity index (χ1) is 12.1. The van der Waals surface area contributed by atoms with Gasteiger partial charge in [0.1, 0.15) is 11.0 Å². The molecule has 2 aromatic carbocycles. The molecule has 0 atom stereocenters. The Morgan fingerprint density at radius 1 is 0.880 bits per heavy atom. The fourth-order valence-electron chi connectivity index (χ4n) is 2.43. The average molecular weight is 360 g/mol. The van der Waals surface area contributed by atoms with E-state index in [9.17, 15) is 9.46 Å². The van der Waals surface area contributed by atoms with E-state index in [1.54, 1.807) is 36.4 Å². The van der Waals surface area contributed by atoms with Crippen molar-refractivity contribution in [2.45, 2.75) is 13.2 Å². The number of aromatic amines is 2. The lowest BCUT2D eigenvalue weighted by Gasteiger charge is -2.12. The number of fused-ring (bicyclic) bond motifs is 2. The van der Waals surface area contributed by atoms with Crippen molar-refractivity contribution in [1.82, 2.24) is 30.8 Å². The Kier molecular flexibility index (Phi) is 4.02. The molecule has 0 saturated heterocycles. The Labute approximate surface area is 140 Å². The van der Waals surface area contributed by atoms with Crippen molar-refractivity contribution in [2.24, 2.45) is 0 Å². The number of H-pyrrole nitrogens is 2. The first-order valence-electron chi connectivity index (χ1n) is 7.31. The van der Waals surface area contributed by atoms with Gasteiger partial charge in [0.15, 0.2) is 0 Å². The molecule has 0 spiro atoms. The van der Waals surface area contributed by atoms with Gasteiger partial charge in [0.05, 0.1) is 24.2 Å². The number of hydrogen-bond donors (Lipinski definition) is 3. The molecule has 2 heterocycles. The van der Waals surface area contributed by atoms with Crippen molar-refractivity contribution in [3.05, 3.63) is 47.5 Å². The zero-order valence-corrected chi connectivity index (χ0v) is 13.7. The minimum absolute atomic E-state index is 0.133. The summed E-state index contributed by atoms with van der Waals surface area (Å²) in [6, 6.07) is 10.6. The van der Waals surface area contributed by atoms with Gasteiger partial charge in [0, 0.05) is 11.1 Å². The largest absolute Gasteiger partial charge is 0.472 e. The summed E-state index contributed by atoms with van der Waals surface area (Å²) in [7, 11) is -4.26. The van der Waals surface area contributed by atoms with E-state index in [0.717, 1.165) is 0 Å². The van der Waals surface area contributed by atoms with Crippen LogP contribution in [-0.4, -0.2) is 35.7 Å². The summed E-state index contributed by atoms with van der Waals surface area (Å²) in [5, 5.41) is 20.7. The van der Waals surface area contributed by atoms with Gasteiger partial charge in [0.25, 0.3) is 0 Å². The van der Waals surface area contributed by atoms with Gasteiger partial charge in [0.2, 0.25) is 0 Å². The summed E-state index contributed by atoms with van der Waals surface area (Å²) in [5.74, 6) is 0. The highest BCUT2D eigenvalue weighted by Crippen LogP contribution is 2.45. The molecular weight excluding hydrogens is 347 g/mol. The molecule has 10 nitrogen and oxygen atoms in total. The number of nitrogens with zero attached hydrogens (tertiary/aromatic N) is 4. The van der Waals surface area contributed by atoms with Crippen LogP contribution in [0.4, 0.5) is 0 Å². The summed E-state index contributed by atoms with van der Waals surface area (Å²) in [5.41, 5.74) is 3.84. The van der Waals surface area contributed by atoms with Gasteiger partial charge in [-0.05, 0) is 12.1 Å². The minimum Gasteiger partial charge on any atom is -0.302 e. The second-order valence-electron chi connectivity index (χ2n) is 5.27. The molecule has 25 heavy (non-hydrogen) atoms. The van der Waals surface area contributed by atoms with Crippen molar-refractivity contribution in [3.63, 3.8) is 0 Å². The predicted molar refractivity (Wildman–Crippen MR) is 87.2 cm³/mol. The standard InChI is InChI=1S/C14H13N6O4P/c21-25(22,23-7-9-3-1-5-11-13(9)17-19-15-11)24-8-10-4-2-6-12-14(10)18-20-16-12/h1-6H,7-8H2,(H,21,22)(H,15,17,19)(H,16,18,20). The van der Waals surface area contributed by atoms with E-state index < -0.39 is 7.82 Å². The summed E-state index contributed by atoms with van der Waals surface area (Å²) in [6.45, 7) is -0.266. The van der Waals surface area contributed by atoms with Gasteiger partial charge < -0.3 is 4.89 Å². The van der Waals surface area contributed by atoms with Crippen LogP contribution in [-0.2, 0) is 26.8 Å². The van der Waals surface area contributed by atoms with E-state index >= 15 is 0 Å². The van der Waals surface area contributed by atoms with Crippen LogP contribution in [0.15, 0.2) is 36.4 Å². The van der Waals surface area contributed by atoms with E-state index in [0.29, 0.717) is 33.2 Å². The van der Waals surface area contributed by atoms with E-state index in [-0.39, 0.29) is 13.2 Å². The van der Waals surface area contributed by atoms with Gasteiger partial charge in [-0.25, -0.2) is 4.57 Å². The normalized spacial score (nSPS) is 12.2. The van der Waals surface area contributed by atoms with E-state index in [4.69, 9.17) is 9.05 Å². The van der Waals surface area contributed by atoms with Crippen LogP contribution in [0.25, 0.3) is 22.1 Å². The van der Waals surface area contributed by atoms with Crippen LogP contribution in [0, 0.1) is 0 Å². The first kappa shape index (κ1) is 15.9. The number of aromatic nitrogens is 6. The van der Waals surface area contributed by atoms with Crippen molar-refractivity contribution in [3.8, 4) is 0 Å². The second-order valence-corrected chi connectivity index (χ2v) is 6.72. The fourth-order valence-corrected chi connectivity index (χ4v) is 3.11. The Balaban J connectivity index is 1.44. The third-order valence-electron chi connectivity index (χ3n) is 3.65. The summed E-state index contributed by atoms with van der Waals surface area (Å²) >= 11 is 0. The average Bonchev–Trinajstić information content (AvgIpc) is 3.27. The second kappa shape index (κ2) is 6.34. The molecule has 0 saturated carbocycles. The van der Waals surface area contributed by atoms with Gasteiger partial charge in [-0.3, -0.25) is 19.2 Å². The molecule has 0 fully saturated rings. The Morgan fingerprint density at radius 2 is 1.36 bits per heavy atom. The molecule has 0 amide bonds. The van der Waals surface area contributed by atoms with Crippen LogP contribution in [0.3, 0.4) is 0 Å². The molecular formula is C14H13N6O4P. The Morgan fingerprint density at radius 3 is 1.84 bits per heavy atom. The molecule has 2 aromatic heterocycles. The summed E-state index contributed by atoms with van der Waals surface area (Å²) < 4.78 is 22.3. The van der Waals surface area contributed by atoms with Crippen molar-refractivity contribution in [2.75, 3.05) is 0 Å². The molecule has 0 aliphatic carbocycles. The molecule has 0 radical (unpaired) electrons. The highest BCUT2D eigenvalue weighted by molar-refractivity contribution is 7.47. The summed E-state index contributed by atoms with van der Waals surface area (Å²) in [6.07, 6.45) is 0. The molecule has 0 unspecified atom stereocenters. The fraction of sp³-hybridized carbons (Fsp3) is 0.143. The molecule has 4 aromatic rings. The smallest absolute Gasteiger partial charge is 0.302 e. The zero-order valence-electron chi connectivity index (χ0n) is 12.8. The molecule has 11 heteroatoms. The van der Waals surface area contributed by atoms with Crippen molar-refractivity contribution >= 4 is 29.9 Å². The number of rotatable bonds is 6. The lowest BCUT2D eigenvalue weighted by molar-refractivity contribution is 0.138. The van der Waals surface area contributed by atoms with Crippen LogP contribution in [0.2, 0.25) is 0 Å². The van der Waals surface area contributed by atoms with E-state index in [1.165, 1.54) is 0 Å². The van der Waals surface area contributed by atoms with Gasteiger partial charge in [-0.2, -0.15) is 0 Å². The van der Waals surface area contributed by atoms with Gasteiger partial charge in [-0.15, -0.1) is 10.2 Å². The molecule has 3 N–H and O–H groups in total. The maximum Gasteiger partial charge on any atom is 0.472 e. The van der Waals surface area contributed by atoms with E-state index in [2.05, 4.69) is 30.8 Å². The Bertz CT molecular complexity index is 995. The minimum atomic E-state index is -4.26. The topological polar surface area (TPSA) is 139 Å². The van der Waals surface area contributed by atoms with Gasteiger partial charge in [-0.1, -0.05) is 34.7 Å². The zero-order chi connectivity index (χ0) is 17.3. The number of hydrogen-bond acceptors (Lipinski definition) is 7. The van der Waals surface area contributed by atoms with Crippen LogP contribution >= 0.6 is 7.82 Å². The van der Waals surface area contributed by atoms with Crippen molar-refractivity contribution in [1.29, 1.82) is 0 Å². The molecule has 4 rings (SSSR count). The number of phosphoric acid groups is 1. The maximum atomic E-state index is 12.1. The monoisotopic (exact) mass is 360 g/mol. The van der Waals surface area contributed by atoms with Gasteiger partial charge >= 0.3 is 7.82 Å². The summed E-state index contributed by atoms with van der Waals surface area (Å²) in [4.78, 5) is 9.91. The van der Waals surface area contributed by atoms with Crippen LogP contribution in [0.1, 0.15) is 11.1 Å². The lowest BCUT2D eigenvalue weighted by atomic mass is 10.2. The molecule has 0 aliphatic rings. The highest BCUT2D eigenvalue weighted by atomic mass is 31.2. The maximum absolute atomic E-state index is 12.1.